The third-order valence-corrected chi connectivity index (χ3v) is 4.35. The molecule has 0 spiro atoms. The maximum Gasteiger partial charge on any atom is 0.264 e. The van der Waals surface area contributed by atoms with Gasteiger partial charge in [0.1, 0.15) is 11.2 Å². The van der Waals surface area contributed by atoms with Crippen molar-refractivity contribution >= 4 is 16.9 Å². The van der Waals surface area contributed by atoms with E-state index in [0.29, 0.717) is 30.0 Å². The van der Waals surface area contributed by atoms with E-state index in [0.717, 1.165) is 11.3 Å². The Hall–Kier alpha value is -3.00. The molecule has 8 nitrogen and oxygen atoms in total. The molecule has 0 fully saturated rings. The zero-order valence-electron chi connectivity index (χ0n) is 15.7. The minimum Gasteiger partial charge on any atom is -0.383 e. The minimum atomic E-state index is -0.194. The lowest BCUT2D eigenvalue weighted by Gasteiger charge is -2.10. The van der Waals surface area contributed by atoms with Gasteiger partial charge in [-0.15, -0.1) is 0 Å². The van der Waals surface area contributed by atoms with Gasteiger partial charge in [-0.25, -0.2) is 9.67 Å². The standard InChI is InChI=1S/C19H23N5O3/c1-13-4-6-15(7-5-13)24-18-16(12-21-24)19(26)23(14(2)22-18)10-8-17(25)20-9-11-27-3/h4-7,12H,8-11H2,1-3H3,(H,20,25). The second kappa shape index (κ2) is 8.13. The highest BCUT2D eigenvalue weighted by Crippen LogP contribution is 2.15. The molecule has 2 heterocycles. The number of methoxy groups -OCH3 is 1. The number of nitrogens with one attached hydrogen (secondary N) is 1. The minimum absolute atomic E-state index is 0.131. The average Bonchev–Trinajstić information content (AvgIpc) is 3.06. The average molecular weight is 369 g/mol. The summed E-state index contributed by atoms with van der Waals surface area (Å²) in [5.74, 6) is 0.417. The fourth-order valence-electron chi connectivity index (χ4n) is 2.84. The number of carbonyl (C=O) groups excluding carboxylic acids is 1. The van der Waals surface area contributed by atoms with E-state index >= 15 is 0 Å². The fourth-order valence-corrected chi connectivity index (χ4v) is 2.84. The summed E-state index contributed by atoms with van der Waals surface area (Å²) in [5.41, 5.74) is 2.31. The molecule has 1 N–H and O–H groups in total. The first-order valence-corrected chi connectivity index (χ1v) is 8.79. The van der Waals surface area contributed by atoms with Gasteiger partial charge in [0.25, 0.3) is 5.56 Å². The van der Waals surface area contributed by atoms with Crippen molar-refractivity contribution < 1.29 is 9.53 Å². The van der Waals surface area contributed by atoms with Crippen LogP contribution >= 0.6 is 0 Å². The second-order valence-electron chi connectivity index (χ2n) is 6.34. The van der Waals surface area contributed by atoms with E-state index in [2.05, 4.69) is 15.4 Å². The molecule has 3 rings (SSSR count). The Morgan fingerprint density at radius 3 is 2.67 bits per heavy atom. The van der Waals surface area contributed by atoms with Gasteiger partial charge in [0.05, 0.1) is 18.5 Å². The Balaban J connectivity index is 1.86. The topological polar surface area (TPSA) is 91.0 Å². The van der Waals surface area contributed by atoms with E-state index in [1.807, 2.05) is 31.2 Å². The third-order valence-electron chi connectivity index (χ3n) is 4.35. The molecule has 0 saturated heterocycles. The van der Waals surface area contributed by atoms with Gasteiger partial charge in [0.2, 0.25) is 5.91 Å². The molecule has 0 unspecified atom stereocenters. The molecule has 0 aliphatic heterocycles. The van der Waals surface area contributed by atoms with E-state index in [1.54, 1.807) is 18.7 Å². The summed E-state index contributed by atoms with van der Waals surface area (Å²) in [6.07, 6.45) is 1.73. The van der Waals surface area contributed by atoms with Crippen molar-refractivity contribution in [2.45, 2.75) is 26.8 Å². The van der Waals surface area contributed by atoms with Gasteiger partial charge in [-0.2, -0.15) is 5.10 Å². The van der Waals surface area contributed by atoms with Gasteiger partial charge < -0.3 is 10.1 Å². The number of nitrogens with zero attached hydrogens (tertiary/aromatic N) is 4. The number of hydrogen-bond donors (Lipinski definition) is 1. The molecule has 0 aliphatic rings. The number of ether oxygens (including phenoxy) is 1. The number of amides is 1. The van der Waals surface area contributed by atoms with Crippen LogP contribution in [0.15, 0.2) is 35.3 Å². The van der Waals surface area contributed by atoms with Crippen molar-refractivity contribution in [3.63, 3.8) is 0 Å². The number of aryl methyl sites for hydroxylation is 2. The Bertz CT molecular complexity index is 1000. The van der Waals surface area contributed by atoms with Crippen LogP contribution in [0.2, 0.25) is 0 Å². The largest absolute Gasteiger partial charge is 0.383 e. The molecule has 2 aromatic heterocycles. The van der Waals surface area contributed by atoms with Crippen LogP contribution < -0.4 is 10.9 Å². The lowest BCUT2D eigenvalue weighted by Crippen LogP contribution is -2.30. The molecule has 1 amide bonds. The van der Waals surface area contributed by atoms with Crippen LogP contribution in [0.1, 0.15) is 17.8 Å². The SMILES string of the molecule is COCCNC(=O)CCn1c(C)nc2c(cnn2-c2ccc(C)cc2)c1=O. The summed E-state index contributed by atoms with van der Waals surface area (Å²) >= 11 is 0. The predicted molar refractivity (Wildman–Crippen MR) is 102 cm³/mol. The molecule has 0 aliphatic carbocycles. The molecule has 0 atom stereocenters. The molecule has 0 bridgehead atoms. The van der Waals surface area contributed by atoms with E-state index < -0.39 is 0 Å². The monoisotopic (exact) mass is 369 g/mol. The molecule has 3 aromatic rings. The number of benzene rings is 1. The van der Waals surface area contributed by atoms with Crippen LogP contribution in [-0.2, 0) is 16.1 Å². The molecule has 0 saturated carbocycles. The van der Waals surface area contributed by atoms with E-state index in [1.165, 1.54) is 10.8 Å². The number of fused-ring (bicyclic) bond motifs is 1. The Morgan fingerprint density at radius 2 is 1.96 bits per heavy atom. The van der Waals surface area contributed by atoms with Crippen LogP contribution in [0.5, 0.6) is 0 Å². The molecule has 142 valence electrons. The van der Waals surface area contributed by atoms with E-state index in [-0.39, 0.29) is 24.4 Å². The van der Waals surface area contributed by atoms with Crippen molar-refractivity contribution in [1.82, 2.24) is 24.6 Å². The van der Waals surface area contributed by atoms with Gasteiger partial charge in [-0.1, -0.05) is 17.7 Å². The summed E-state index contributed by atoms with van der Waals surface area (Å²) in [6, 6.07) is 7.85. The Morgan fingerprint density at radius 1 is 1.22 bits per heavy atom. The molecule has 1 aromatic carbocycles. The number of carbonyl (C=O) groups is 1. The zero-order valence-corrected chi connectivity index (χ0v) is 15.7. The molecular weight excluding hydrogens is 346 g/mol. The quantitative estimate of drug-likeness (QED) is 0.635. The molecule has 8 heteroatoms. The van der Waals surface area contributed by atoms with Crippen LogP contribution in [0, 0.1) is 13.8 Å². The maximum atomic E-state index is 12.8. The van der Waals surface area contributed by atoms with Gasteiger partial charge in [-0.3, -0.25) is 14.2 Å². The highest BCUT2D eigenvalue weighted by molar-refractivity contribution is 5.76. The van der Waals surface area contributed by atoms with Crippen molar-refractivity contribution in [2.24, 2.45) is 0 Å². The summed E-state index contributed by atoms with van der Waals surface area (Å²) in [5, 5.41) is 7.51. The van der Waals surface area contributed by atoms with Gasteiger partial charge >= 0.3 is 0 Å². The number of rotatable bonds is 7. The van der Waals surface area contributed by atoms with Crippen LogP contribution in [0.3, 0.4) is 0 Å². The Kier molecular flexibility index (Phi) is 5.66. The first kappa shape index (κ1) is 18.8. The van der Waals surface area contributed by atoms with Gasteiger partial charge in [0, 0.05) is 26.6 Å². The first-order chi connectivity index (χ1) is 13.0. The summed E-state index contributed by atoms with van der Waals surface area (Å²) in [6.45, 7) is 4.94. The highest BCUT2D eigenvalue weighted by Gasteiger charge is 2.14. The fraction of sp³-hybridized carbons (Fsp3) is 0.368. The predicted octanol–water partition coefficient (Wildman–Crippen LogP) is 1.35. The van der Waals surface area contributed by atoms with Crippen molar-refractivity contribution in [2.75, 3.05) is 20.3 Å². The molecule has 0 radical (unpaired) electrons. The van der Waals surface area contributed by atoms with E-state index in [9.17, 15) is 9.59 Å². The van der Waals surface area contributed by atoms with E-state index in [4.69, 9.17) is 4.74 Å². The van der Waals surface area contributed by atoms with Gasteiger partial charge in [-0.05, 0) is 26.0 Å². The Labute approximate surface area is 156 Å². The maximum absolute atomic E-state index is 12.8. The van der Waals surface area contributed by atoms with Crippen LogP contribution in [-0.4, -0.2) is 45.5 Å². The lowest BCUT2D eigenvalue weighted by atomic mass is 10.2. The summed E-state index contributed by atoms with van der Waals surface area (Å²) in [7, 11) is 1.58. The highest BCUT2D eigenvalue weighted by atomic mass is 16.5. The normalized spacial score (nSPS) is 11.1. The lowest BCUT2D eigenvalue weighted by molar-refractivity contribution is -0.121. The van der Waals surface area contributed by atoms with Gasteiger partial charge in [0.15, 0.2) is 5.65 Å². The molecule has 27 heavy (non-hydrogen) atoms. The second-order valence-corrected chi connectivity index (χ2v) is 6.34. The van der Waals surface area contributed by atoms with Crippen molar-refractivity contribution in [3.8, 4) is 5.69 Å². The molecular formula is C19H23N5O3. The van der Waals surface area contributed by atoms with Crippen molar-refractivity contribution in [3.05, 3.63) is 52.2 Å². The first-order valence-electron chi connectivity index (χ1n) is 8.79. The third kappa shape index (κ3) is 4.06. The van der Waals surface area contributed by atoms with Crippen LogP contribution in [0.25, 0.3) is 16.7 Å². The summed E-state index contributed by atoms with van der Waals surface area (Å²) < 4.78 is 8.07. The van der Waals surface area contributed by atoms with Crippen LogP contribution in [0.4, 0.5) is 0 Å². The zero-order chi connectivity index (χ0) is 19.4. The van der Waals surface area contributed by atoms with Crippen molar-refractivity contribution in [1.29, 1.82) is 0 Å². The summed E-state index contributed by atoms with van der Waals surface area (Å²) in [4.78, 5) is 29.3. The number of hydrogen-bond acceptors (Lipinski definition) is 5. The number of aromatic nitrogens is 4. The smallest absolute Gasteiger partial charge is 0.264 e.